The van der Waals surface area contributed by atoms with Gasteiger partial charge in [0.25, 0.3) is 5.91 Å². The van der Waals surface area contributed by atoms with E-state index in [1.807, 2.05) is 77.7 Å². The standard InChI is InChI=1S/C26H27N3O3S/c1-29-23-10-12-33-25(23)14-24(29)26(30)28-20-3-2-4-22(13-20)32-16-18-5-7-21(8-6-18)31-17-19-9-11-27-15-19/h2-8,10,12-14,19,27H,9,11,15-17H2,1H3,(H,28,30). The van der Waals surface area contributed by atoms with E-state index in [0.29, 0.717) is 29.7 Å². The third-order valence-corrected chi connectivity index (χ3v) is 6.82. The number of aryl methyl sites for hydroxylation is 1. The number of amides is 1. The van der Waals surface area contributed by atoms with Crippen molar-refractivity contribution < 1.29 is 14.3 Å². The van der Waals surface area contributed by atoms with E-state index in [9.17, 15) is 4.79 Å². The number of anilines is 1. The zero-order valence-corrected chi connectivity index (χ0v) is 19.4. The van der Waals surface area contributed by atoms with Crippen molar-refractivity contribution in [2.45, 2.75) is 13.0 Å². The van der Waals surface area contributed by atoms with E-state index in [1.54, 1.807) is 11.3 Å². The van der Waals surface area contributed by atoms with Crippen LogP contribution in [0.5, 0.6) is 11.5 Å². The number of nitrogens with one attached hydrogen (secondary N) is 2. The lowest BCUT2D eigenvalue weighted by Gasteiger charge is -2.12. The minimum absolute atomic E-state index is 0.137. The van der Waals surface area contributed by atoms with Gasteiger partial charge in [-0.2, -0.15) is 0 Å². The van der Waals surface area contributed by atoms with Gasteiger partial charge in [-0.1, -0.05) is 18.2 Å². The average Bonchev–Trinajstić information content (AvgIpc) is 3.57. The molecule has 1 atom stereocenters. The summed E-state index contributed by atoms with van der Waals surface area (Å²) in [5.74, 6) is 2.05. The number of benzene rings is 2. The number of aromatic nitrogens is 1. The number of rotatable bonds is 8. The summed E-state index contributed by atoms with van der Waals surface area (Å²) in [7, 11) is 1.91. The third-order valence-electron chi connectivity index (χ3n) is 5.97. The molecular formula is C26H27N3O3S. The average molecular weight is 462 g/mol. The summed E-state index contributed by atoms with van der Waals surface area (Å²) < 4.78 is 14.9. The van der Waals surface area contributed by atoms with Gasteiger partial charge in [-0.05, 0) is 60.3 Å². The Morgan fingerprint density at radius 2 is 2.00 bits per heavy atom. The topological polar surface area (TPSA) is 64.5 Å². The summed E-state index contributed by atoms with van der Waals surface area (Å²) in [6.07, 6.45) is 1.18. The van der Waals surface area contributed by atoms with Crippen LogP contribution < -0.4 is 20.1 Å². The third kappa shape index (κ3) is 5.05. The summed E-state index contributed by atoms with van der Waals surface area (Å²) >= 11 is 1.63. The number of thiophene rings is 1. The summed E-state index contributed by atoms with van der Waals surface area (Å²) in [5, 5.41) is 8.37. The first-order valence-electron chi connectivity index (χ1n) is 11.2. The molecule has 1 fully saturated rings. The van der Waals surface area contributed by atoms with Crippen LogP contribution in [0.4, 0.5) is 5.69 Å². The highest BCUT2D eigenvalue weighted by atomic mass is 32.1. The molecular weight excluding hydrogens is 434 g/mol. The summed E-state index contributed by atoms with van der Waals surface area (Å²) in [4.78, 5) is 12.8. The van der Waals surface area contributed by atoms with Crippen LogP contribution in [0, 0.1) is 5.92 Å². The minimum Gasteiger partial charge on any atom is -0.493 e. The van der Waals surface area contributed by atoms with Gasteiger partial charge in [0, 0.05) is 31.3 Å². The van der Waals surface area contributed by atoms with Gasteiger partial charge >= 0.3 is 0 Å². The molecule has 7 heteroatoms. The van der Waals surface area contributed by atoms with Gasteiger partial charge < -0.3 is 24.7 Å². The van der Waals surface area contributed by atoms with Crippen molar-refractivity contribution in [2.24, 2.45) is 13.0 Å². The first-order chi connectivity index (χ1) is 16.2. The molecule has 0 radical (unpaired) electrons. The van der Waals surface area contributed by atoms with Gasteiger partial charge in [0.1, 0.15) is 23.8 Å². The molecule has 3 heterocycles. The van der Waals surface area contributed by atoms with Gasteiger partial charge in [-0.15, -0.1) is 11.3 Å². The van der Waals surface area contributed by atoms with E-state index < -0.39 is 0 Å². The van der Waals surface area contributed by atoms with Crippen LogP contribution in [0.15, 0.2) is 66.0 Å². The van der Waals surface area contributed by atoms with Crippen LogP contribution in [-0.2, 0) is 13.7 Å². The van der Waals surface area contributed by atoms with Crippen molar-refractivity contribution in [2.75, 3.05) is 25.0 Å². The molecule has 170 valence electrons. The molecule has 1 unspecified atom stereocenters. The fourth-order valence-corrected chi connectivity index (χ4v) is 4.90. The summed E-state index contributed by atoms with van der Waals surface area (Å²) in [6, 6.07) is 19.4. The first kappa shape index (κ1) is 21.6. The van der Waals surface area contributed by atoms with Gasteiger partial charge in [-0.3, -0.25) is 4.79 Å². The normalized spacial score (nSPS) is 15.6. The zero-order valence-electron chi connectivity index (χ0n) is 18.5. The lowest BCUT2D eigenvalue weighted by atomic mass is 10.1. The molecule has 0 spiro atoms. The van der Waals surface area contributed by atoms with Crippen molar-refractivity contribution in [3.05, 3.63) is 77.3 Å². The Bertz CT molecular complexity index is 1240. The zero-order chi connectivity index (χ0) is 22.6. The smallest absolute Gasteiger partial charge is 0.272 e. The Balaban J connectivity index is 1.16. The Labute approximate surface area is 197 Å². The number of hydrogen-bond acceptors (Lipinski definition) is 5. The quantitative estimate of drug-likeness (QED) is 0.385. The molecule has 0 bridgehead atoms. The van der Waals surface area contributed by atoms with Crippen molar-refractivity contribution in [3.8, 4) is 11.5 Å². The fourth-order valence-electron chi connectivity index (χ4n) is 4.05. The molecule has 1 aliphatic heterocycles. The van der Waals surface area contributed by atoms with Crippen LogP contribution in [0.1, 0.15) is 22.5 Å². The molecule has 2 aromatic carbocycles. The second-order valence-electron chi connectivity index (χ2n) is 8.34. The second-order valence-corrected chi connectivity index (χ2v) is 9.29. The molecule has 2 aromatic heterocycles. The molecule has 1 amide bonds. The maximum absolute atomic E-state index is 12.8. The highest BCUT2D eigenvalue weighted by Crippen LogP contribution is 2.25. The predicted molar refractivity (Wildman–Crippen MR) is 132 cm³/mol. The molecule has 6 nitrogen and oxygen atoms in total. The molecule has 1 aliphatic rings. The highest BCUT2D eigenvalue weighted by Gasteiger charge is 2.15. The Kier molecular flexibility index (Phi) is 6.32. The van der Waals surface area contributed by atoms with E-state index in [1.165, 1.54) is 6.42 Å². The number of fused-ring (bicyclic) bond motifs is 1. The Morgan fingerprint density at radius 3 is 2.79 bits per heavy atom. The maximum atomic E-state index is 12.8. The molecule has 0 saturated carbocycles. The van der Waals surface area contributed by atoms with Crippen molar-refractivity contribution in [1.29, 1.82) is 0 Å². The van der Waals surface area contributed by atoms with Crippen molar-refractivity contribution in [1.82, 2.24) is 9.88 Å². The van der Waals surface area contributed by atoms with Gasteiger partial charge in [0.2, 0.25) is 0 Å². The number of nitrogens with zero attached hydrogens (tertiary/aromatic N) is 1. The van der Waals surface area contributed by atoms with E-state index in [2.05, 4.69) is 10.6 Å². The first-order valence-corrected chi connectivity index (χ1v) is 12.0. The molecule has 33 heavy (non-hydrogen) atoms. The number of carbonyl (C=O) groups is 1. The van der Waals surface area contributed by atoms with E-state index in [0.717, 1.165) is 41.2 Å². The van der Waals surface area contributed by atoms with E-state index >= 15 is 0 Å². The van der Waals surface area contributed by atoms with Gasteiger partial charge in [0.15, 0.2) is 0 Å². The monoisotopic (exact) mass is 461 g/mol. The predicted octanol–water partition coefficient (Wildman–Crippen LogP) is 5.06. The van der Waals surface area contributed by atoms with E-state index in [4.69, 9.17) is 9.47 Å². The second kappa shape index (κ2) is 9.68. The van der Waals surface area contributed by atoms with Crippen molar-refractivity contribution >= 4 is 33.1 Å². The van der Waals surface area contributed by atoms with Crippen LogP contribution >= 0.6 is 11.3 Å². The molecule has 1 saturated heterocycles. The van der Waals surface area contributed by atoms with Crippen LogP contribution in [0.3, 0.4) is 0 Å². The summed E-state index contributed by atoms with van der Waals surface area (Å²) in [5.41, 5.74) is 3.46. The fraction of sp³-hybridized carbons (Fsp3) is 0.269. The van der Waals surface area contributed by atoms with Crippen LogP contribution in [-0.4, -0.2) is 30.2 Å². The number of hydrogen-bond donors (Lipinski definition) is 2. The maximum Gasteiger partial charge on any atom is 0.272 e. The molecule has 5 rings (SSSR count). The number of carbonyl (C=O) groups excluding carboxylic acids is 1. The van der Waals surface area contributed by atoms with Gasteiger partial charge in [0.05, 0.1) is 16.8 Å². The molecule has 4 aromatic rings. The van der Waals surface area contributed by atoms with Crippen molar-refractivity contribution in [3.63, 3.8) is 0 Å². The number of ether oxygens (including phenoxy) is 2. The van der Waals surface area contributed by atoms with Gasteiger partial charge in [-0.25, -0.2) is 0 Å². The van der Waals surface area contributed by atoms with Crippen LogP contribution in [0.2, 0.25) is 0 Å². The minimum atomic E-state index is -0.137. The lowest BCUT2D eigenvalue weighted by molar-refractivity contribution is 0.101. The Morgan fingerprint density at radius 1 is 1.12 bits per heavy atom. The Hall–Kier alpha value is -3.29. The van der Waals surface area contributed by atoms with E-state index in [-0.39, 0.29) is 5.91 Å². The highest BCUT2D eigenvalue weighted by molar-refractivity contribution is 7.17. The SMILES string of the molecule is Cn1c(C(=O)Nc2cccc(OCc3ccc(OCC4CCNC4)cc3)c2)cc2sccc21. The summed E-state index contributed by atoms with van der Waals surface area (Å²) in [6.45, 7) is 3.32. The lowest BCUT2D eigenvalue weighted by Crippen LogP contribution is -2.15. The largest absolute Gasteiger partial charge is 0.493 e. The molecule has 2 N–H and O–H groups in total. The molecule has 0 aliphatic carbocycles. The van der Waals surface area contributed by atoms with Crippen LogP contribution in [0.25, 0.3) is 10.2 Å².